The summed E-state index contributed by atoms with van der Waals surface area (Å²) in [7, 11) is -9.91. The molecule has 558 valence electrons. The van der Waals surface area contributed by atoms with Crippen LogP contribution >= 0.6 is 15.6 Å². The fourth-order valence-corrected chi connectivity index (χ4v) is 12.9. The standard InChI is InChI=1S/C75H146O17P2/c1-9-68(8)54-46-38-30-22-18-14-10-11-15-19-23-31-39-47-55-72(77)85-61-70(91-74(79)57-49-41-32-24-20-16-12-13-17-21-27-35-43-51-65(2)3)63-89-93(81,82)87-59-69(76)60-88-94(83,84)90-64-71(92-75(80)58-50-42-34-26-29-37-45-53-67(6)7)62-86-73(78)56-48-40-33-25-28-36-44-52-66(4)5/h65-71,76H,9-64H2,1-8H3,(H,81,82)(H,83,84)/t68?,69?,70-,71-/m1/s1. The molecule has 0 aromatic heterocycles. The van der Waals surface area contributed by atoms with E-state index in [1.807, 2.05) is 0 Å². The quantitative estimate of drug-likeness (QED) is 0.0222. The van der Waals surface area contributed by atoms with E-state index in [0.717, 1.165) is 108 Å². The highest BCUT2D eigenvalue weighted by atomic mass is 31.2. The first-order valence-corrected chi connectivity index (χ1v) is 41.7. The lowest BCUT2D eigenvalue weighted by Gasteiger charge is -2.21. The molecule has 0 aliphatic carbocycles. The van der Waals surface area contributed by atoms with E-state index in [9.17, 15) is 43.2 Å². The lowest BCUT2D eigenvalue weighted by molar-refractivity contribution is -0.161. The number of unbranched alkanes of at least 4 members (excludes halogenated alkanes) is 37. The molecule has 19 heteroatoms. The molecule has 0 heterocycles. The van der Waals surface area contributed by atoms with E-state index >= 15 is 0 Å². The summed E-state index contributed by atoms with van der Waals surface area (Å²) >= 11 is 0. The molecule has 0 aromatic rings. The van der Waals surface area contributed by atoms with Crippen LogP contribution in [0.1, 0.15) is 376 Å². The summed E-state index contributed by atoms with van der Waals surface area (Å²) in [5, 5.41) is 10.6. The molecular formula is C75H146O17P2. The zero-order valence-corrected chi connectivity index (χ0v) is 63.4. The van der Waals surface area contributed by atoms with Crippen LogP contribution < -0.4 is 0 Å². The second-order valence-electron chi connectivity index (χ2n) is 28.7. The Balaban J connectivity index is 5.23. The minimum Gasteiger partial charge on any atom is -0.462 e. The lowest BCUT2D eigenvalue weighted by Crippen LogP contribution is -2.30. The first-order valence-electron chi connectivity index (χ1n) is 38.7. The summed E-state index contributed by atoms with van der Waals surface area (Å²) in [5.74, 6) is 0.912. The Morgan fingerprint density at radius 1 is 0.298 bits per heavy atom. The zero-order valence-electron chi connectivity index (χ0n) is 61.6. The summed E-state index contributed by atoms with van der Waals surface area (Å²) in [6, 6.07) is 0. The Bertz CT molecular complexity index is 1850. The predicted octanol–water partition coefficient (Wildman–Crippen LogP) is 21.7. The Morgan fingerprint density at radius 2 is 0.511 bits per heavy atom. The molecule has 0 saturated carbocycles. The average molecular weight is 1380 g/mol. The summed E-state index contributed by atoms with van der Waals surface area (Å²) in [5.41, 5.74) is 0. The molecule has 4 unspecified atom stereocenters. The van der Waals surface area contributed by atoms with Crippen LogP contribution in [0, 0.1) is 23.7 Å². The minimum absolute atomic E-state index is 0.102. The van der Waals surface area contributed by atoms with Crippen molar-refractivity contribution in [3.05, 3.63) is 0 Å². The Morgan fingerprint density at radius 3 is 0.755 bits per heavy atom. The van der Waals surface area contributed by atoms with E-state index in [2.05, 4.69) is 55.4 Å². The first-order chi connectivity index (χ1) is 45.1. The van der Waals surface area contributed by atoms with Gasteiger partial charge in [-0.25, -0.2) is 9.13 Å². The van der Waals surface area contributed by atoms with E-state index in [4.69, 9.17) is 37.0 Å². The molecule has 0 radical (unpaired) electrons. The highest BCUT2D eigenvalue weighted by molar-refractivity contribution is 7.47. The van der Waals surface area contributed by atoms with Crippen molar-refractivity contribution < 1.29 is 80.2 Å². The number of rotatable bonds is 72. The fourth-order valence-electron chi connectivity index (χ4n) is 11.3. The summed E-state index contributed by atoms with van der Waals surface area (Å²) in [6.45, 7) is 14.1. The summed E-state index contributed by atoms with van der Waals surface area (Å²) in [4.78, 5) is 72.7. The topological polar surface area (TPSA) is 237 Å². The van der Waals surface area contributed by atoms with Crippen LogP contribution in [-0.2, 0) is 65.4 Å². The molecule has 0 fully saturated rings. The molecule has 94 heavy (non-hydrogen) atoms. The van der Waals surface area contributed by atoms with Gasteiger partial charge in [-0.05, 0) is 49.4 Å². The zero-order chi connectivity index (χ0) is 69.6. The normalized spacial score (nSPS) is 14.4. The first kappa shape index (κ1) is 92.1. The van der Waals surface area contributed by atoms with E-state index in [-0.39, 0.29) is 25.7 Å². The van der Waals surface area contributed by atoms with Gasteiger partial charge in [-0.15, -0.1) is 0 Å². The van der Waals surface area contributed by atoms with E-state index < -0.39 is 97.5 Å². The van der Waals surface area contributed by atoms with Gasteiger partial charge in [0.05, 0.1) is 26.4 Å². The maximum Gasteiger partial charge on any atom is 0.472 e. The van der Waals surface area contributed by atoms with E-state index in [1.165, 1.54) is 173 Å². The number of phosphoric ester groups is 2. The van der Waals surface area contributed by atoms with Crippen LogP contribution in [-0.4, -0.2) is 96.7 Å². The van der Waals surface area contributed by atoms with Crippen molar-refractivity contribution in [1.29, 1.82) is 0 Å². The number of hydrogen-bond acceptors (Lipinski definition) is 15. The van der Waals surface area contributed by atoms with Gasteiger partial charge in [-0.1, -0.05) is 325 Å². The van der Waals surface area contributed by atoms with E-state index in [1.54, 1.807) is 0 Å². The molecule has 0 aliphatic heterocycles. The highest BCUT2D eigenvalue weighted by Crippen LogP contribution is 2.45. The van der Waals surface area contributed by atoms with Crippen molar-refractivity contribution in [2.75, 3.05) is 39.6 Å². The van der Waals surface area contributed by atoms with Crippen LogP contribution in [0.25, 0.3) is 0 Å². The van der Waals surface area contributed by atoms with Crippen molar-refractivity contribution in [2.45, 2.75) is 395 Å². The monoisotopic (exact) mass is 1380 g/mol. The third-order valence-electron chi connectivity index (χ3n) is 17.7. The van der Waals surface area contributed by atoms with Crippen molar-refractivity contribution in [2.24, 2.45) is 23.7 Å². The van der Waals surface area contributed by atoms with Crippen LogP contribution in [0.3, 0.4) is 0 Å². The number of hydrogen-bond donors (Lipinski definition) is 3. The molecule has 0 rings (SSSR count). The van der Waals surface area contributed by atoms with Crippen LogP contribution in [0.4, 0.5) is 0 Å². The minimum atomic E-state index is -4.96. The smallest absolute Gasteiger partial charge is 0.462 e. The number of esters is 4. The molecule has 0 saturated heterocycles. The number of aliphatic hydroxyl groups is 1. The van der Waals surface area contributed by atoms with Crippen LogP contribution in [0.5, 0.6) is 0 Å². The Labute approximate surface area is 575 Å². The number of carbonyl (C=O) groups is 4. The third kappa shape index (κ3) is 67.3. The van der Waals surface area contributed by atoms with Crippen molar-refractivity contribution in [1.82, 2.24) is 0 Å². The summed E-state index contributed by atoms with van der Waals surface area (Å²) < 4.78 is 68.4. The van der Waals surface area contributed by atoms with Gasteiger partial charge >= 0.3 is 39.5 Å². The molecular weight excluding hydrogens is 1230 g/mol. The molecule has 0 bridgehead atoms. The van der Waals surface area contributed by atoms with Crippen LogP contribution in [0.15, 0.2) is 0 Å². The average Bonchev–Trinajstić information content (AvgIpc) is 1.76. The van der Waals surface area contributed by atoms with Crippen molar-refractivity contribution in [3.63, 3.8) is 0 Å². The predicted molar refractivity (Wildman–Crippen MR) is 381 cm³/mol. The third-order valence-corrected chi connectivity index (χ3v) is 19.6. The van der Waals surface area contributed by atoms with Crippen LogP contribution in [0.2, 0.25) is 0 Å². The molecule has 0 spiro atoms. The Hall–Kier alpha value is -1.94. The van der Waals surface area contributed by atoms with Gasteiger partial charge in [0.15, 0.2) is 12.2 Å². The largest absolute Gasteiger partial charge is 0.472 e. The number of phosphoric acid groups is 2. The highest BCUT2D eigenvalue weighted by Gasteiger charge is 2.30. The molecule has 3 N–H and O–H groups in total. The van der Waals surface area contributed by atoms with Gasteiger partial charge in [0, 0.05) is 25.7 Å². The maximum atomic E-state index is 13.1. The van der Waals surface area contributed by atoms with Gasteiger partial charge in [0.25, 0.3) is 0 Å². The number of carbonyl (C=O) groups excluding carboxylic acids is 4. The Kier molecular flexibility index (Phi) is 63.1. The molecule has 6 atom stereocenters. The fraction of sp³-hybridized carbons (Fsp3) is 0.947. The van der Waals surface area contributed by atoms with E-state index in [0.29, 0.717) is 37.5 Å². The number of aliphatic hydroxyl groups excluding tert-OH is 1. The summed E-state index contributed by atoms with van der Waals surface area (Å²) in [6.07, 6.45) is 48.7. The molecule has 0 aliphatic rings. The SMILES string of the molecule is CCC(C)CCCCCCCCCCCCCCCCC(=O)OC[C@H](COP(=O)(O)OCC(O)COP(=O)(O)OC[C@@H](COC(=O)CCCCCCCCCC(C)C)OC(=O)CCCCCCCCCC(C)C)OC(=O)CCCCCCCCCCCCCCCC(C)C. The number of ether oxygens (including phenoxy) is 4. The van der Waals surface area contributed by atoms with Gasteiger partial charge in [0.2, 0.25) is 0 Å². The van der Waals surface area contributed by atoms with Gasteiger partial charge in [-0.2, -0.15) is 0 Å². The van der Waals surface area contributed by atoms with Gasteiger partial charge < -0.3 is 33.8 Å². The van der Waals surface area contributed by atoms with Crippen molar-refractivity contribution >= 4 is 39.5 Å². The second-order valence-corrected chi connectivity index (χ2v) is 31.6. The van der Waals surface area contributed by atoms with Gasteiger partial charge in [0.1, 0.15) is 19.3 Å². The second kappa shape index (κ2) is 64.4. The van der Waals surface area contributed by atoms with Crippen molar-refractivity contribution in [3.8, 4) is 0 Å². The molecule has 17 nitrogen and oxygen atoms in total. The molecule has 0 amide bonds. The molecule has 0 aromatic carbocycles. The maximum absolute atomic E-state index is 13.1. The van der Waals surface area contributed by atoms with Gasteiger partial charge in [-0.3, -0.25) is 37.3 Å². The lowest BCUT2D eigenvalue weighted by atomic mass is 9.99.